The zero-order chi connectivity index (χ0) is 14.5. The standard InChI is InChI=1S/C13H29N3O2S/c1-5-7-14-13-6-8-16(10-12(13)4)19(17,18)15-9-11(2)3/h11-15H,5-10H2,1-4H3. The maximum Gasteiger partial charge on any atom is 0.279 e. The molecule has 1 heterocycles. The highest BCUT2D eigenvalue weighted by Gasteiger charge is 2.31. The van der Waals surface area contributed by atoms with Crippen molar-refractivity contribution in [1.29, 1.82) is 0 Å². The molecule has 0 aromatic heterocycles. The lowest BCUT2D eigenvalue weighted by Crippen LogP contribution is -2.53. The van der Waals surface area contributed by atoms with E-state index in [4.69, 9.17) is 0 Å². The molecule has 5 nitrogen and oxygen atoms in total. The number of hydrogen-bond acceptors (Lipinski definition) is 3. The molecule has 114 valence electrons. The summed E-state index contributed by atoms with van der Waals surface area (Å²) in [5.74, 6) is 0.687. The van der Waals surface area contributed by atoms with Crippen molar-refractivity contribution in [2.75, 3.05) is 26.2 Å². The summed E-state index contributed by atoms with van der Waals surface area (Å²) in [7, 11) is -3.30. The van der Waals surface area contributed by atoms with Gasteiger partial charge >= 0.3 is 0 Å². The van der Waals surface area contributed by atoms with E-state index >= 15 is 0 Å². The minimum absolute atomic E-state index is 0.330. The van der Waals surface area contributed by atoms with Crippen LogP contribution in [0.25, 0.3) is 0 Å². The Balaban J connectivity index is 2.50. The lowest BCUT2D eigenvalue weighted by Gasteiger charge is -2.36. The van der Waals surface area contributed by atoms with Gasteiger partial charge in [0.1, 0.15) is 0 Å². The zero-order valence-corrected chi connectivity index (χ0v) is 13.5. The first-order valence-corrected chi connectivity index (χ1v) is 8.79. The first kappa shape index (κ1) is 16.9. The molecule has 1 saturated heterocycles. The fourth-order valence-corrected chi connectivity index (χ4v) is 3.83. The molecule has 0 bridgehead atoms. The first-order valence-electron chi connectivity index (χ1n) is 7.35. The predicted molar refractivity (Wildman–Crippen MR) is 79.2 cm³/mol. The molecule has 2 unspecified atom stereocenters. The first-order chi connectivity index (χ1) is 8.86. The van der Waals surface area contributed by atoms with Crippen LogP contribution in [-0.4, -0.2) is 44.9 Å². The third-order valence-corrected chi connectivity index (χ3v) is 5.08. The van der Waals surface area contributed by atoms with Crippen LogP contribution < -0.4 is 10.0 Å². The van der Waals surface area contributed by atoms with Crippen LogP contribution in [0, 0.1) is 11.8 Å². The Labute approximate surface area is 118 Å². The van der Waals surface area contributed by atoms with Gasteiger partial charge in [-0.1, -0.05) is 27.7 Å². The number of nitrogens with one attached hydrogen (secondary N) is 2. The molecule has 0 aromatic rings. The van der Waals surface area contributed by atoms with Crippen molar-refractivity contribution in [3.63, 3.8) is 0 Å². The molecule has 2 atom stereocenters. The summed E-state index contributed by atoms with van der Waals surface area (Å²) >= 11 is 0. The van der Waals surface area contributed by atoms with Gasteiger partial charge in [0.15, 0.2) is 0 Å². The summed E-state index contributed by atoms with van der Waals surface area (Å²) in [4.78, 5) is 0. The van der Waals surface area contributed by atoms with E-state index in [0.29, 0.717) is 37.5 Å². The van der Waals surface area contributed by atoms with Crippen molar-refractivity contribution >= 4 is 10.2 Å². The van der Waals surface area contributed by atoms with Gasteiger partial charge in [-0.15, -0.1) is 0 Å². The van der Waals surface area contributed by atoms with Crippen LogP contribution in [0.2, 0.25) is 0 Å². The minimum atomic E-state index is -3.30. The zero-order valence-electron chi connectivity index (χ0n) is 12.6. The Hall–Kier alpha value is -0.170. The molecule has 0 aliphatic carbocycles. The molecule has 19 heavy (non-hydrogen) atoms. The number of hydrogen-bond donors (Lipinski definition) is 2. The van der Waals surface area contributed by atoms with Gasteiger partial charge < -0.3 is 5.32 Å². The molecule has 0 spiro atoms. The third-order valence-electron chi connectivity index (χ3n) is 3.54. The van der Waals surface area contributed by atoms with E-state index in [1.165, 1.54) is 0 Å². The fourth-order valence-electron chi connectivity index (χ4n) is 2.32. The van der Waals surface area contributed by atoms with Crippen molar-refractivity contribution in [1.82, 2.24) is 14.3 Å². The van der Waals surface area contributed by atoms with Crippen LogP contribution in [0.1, 0.15) is 40.5 Å². The van der Waals surface area contributed by atoms with Crippen LogP contribution in [0.15, 0.2) is 0 Å². The highest BCUT2D eigenvalue weighted by molar-refractivity contribution is 7.87. The molecular weight excluding hydrogens is 262 g/mol. The van der Waals surface area contributed by atoms with Gasteiger partial charge in [0.2, 0.25) is 0 Å². The van der Waals surface area contributed by atoms with Gasteiger partial charge in [0, 0.05) is 25.7 Å². The summed E-state index contributed by atoms with van der Waals surface area (Å²) in [5, 5.41) is 3.50. The van der Waals surface area contributed by atoms with Crippen LogP contribution in [0.5, 0.6) is 0 Å². The summed E-state index contributed by atoms with van der Waals surface area (Å²) in [5.41, 5.74) is 0. The highest BCUT2D eigenvalue weighted by Crippen LogP contribution is 2.19. The monoisotopic (exact) mass is 291 g/mol. The molecule has 2 N–H and O–H groups in total. The smallest absolute Gasteiger partial charge is 0.279 e. The Bertz CT molecular complexity index is 357. The van der Waals surface area contributed by atoms with E-state index in [1.54, 1.807) is 4.31 Å². The molecule has 1 fully saturated rings. The van der Waals surface area contributed by atoms with Crippen LogP contribution in [0.3, 0.4) is 0 Å². The van der Waals surface area contributed by atoms with Gasteiger partial charge in [-0.25, -0.2) is 4.72 Å². The molecule has 0 radical (unpaired) electrons. The van der Waals surface area contributed by atoms with E-state index in [9.17, 15) is 8.42 Å². The quantitative estimate of drug-likeness (QED) is 0.740. The van der Waals surface area contributed by atoms with E-state index < -0.39 is 10.2 Å². The molecule has 6 heteroatoms. The highest BCUT2D eigenvalue weighted by atomic mass is 32.2. The number of nitrogens with zero attached hydrogens (tertiary/aromatic N) is 1. The van der Waals surface area contributed by atoms with Crippen molar-refractivity contribution in [2.24, 2.45) is 11.8 Å². The SMILES string of the molecule is CCCNC1CCN(S(=O)(=O)NCC(C)C)CC1C. The molecule has 0 saturated carbocycles. The second-order valence-corrected chi connectivity index (χ2v) is 7.69. The van der Waals surface area contributed by atoms with Gasteiger partial charge in [-0.05, 0) is 31.2 Å². The molecule has 0 amide bonds. The summed E-state index contributed by atoms with van der Waals surface area (Å²) in [6, 6.07) is 0.441. The van der Waals surface area contributed by atoms with Crippen molar-refractivity contribution in [3.8, 4) is 0 Å². The summed E-state index contributed by atoms with van der Waals surface area (Å²) < 4.78 is 28.6. The van der Waals surface area contributed by atoms with E-state index in [1.807, 2.05) is 13.8 Å². The predicted octanol–water partition coefficient (Wildman–Crippen LogP) is 1.19. The minimum Gasteiger partial charge on any atom is -0.314 e. The lowest BCUT2D eigenvalue weighted by atomic mass is 9.95. The average molecular weight is 291 g/mol. The Morgan fingerprint density at radius 2 is 2.05 bits per heavy atom. The maximum atomic E-state index is 12.2. The van der Waals surface area contributed by atoms with Crippen molar-refractivity contribution in [3.05, 3.63) is 0 Å². The Morgan fingerprint density at radius 3 is 2.58 bits per heavy atom. The Kier molecular flexibility index (Phi) is 6.73. The molecule has 1 rings (SSSR count). The molecule has 1 aliphatic heterocycles. The van der Waals surface area contributed by atoms with Crippen LogP contribution >= 0.6 is 0 Å². The average Bonchev–Trinajstić information content (AvgIpc) is 2.35. The van der Waals surface area contributed by atoms with E-state index in [2.05, 4.69) is 23.9 Å². The lowest BCUT2D eigenvalue weighted by molar-refractivity contribution is 0.218. The van der Waals surface area contributed by atoms with Gasteiger partial charge in [0.05, 0.1) is 0 Å². The molecule has 0 aromatic carbocycles. The third kappa shape index (κ3) is 5.38. The van der Waals surface area contributed by atoms with Gasteiger partial charge in [-0.3, -0.25) is 0 Å². The maximum absolute atomic E-state index is 12.2. The van der Waals surface area contributed by atoms with Crippen molar-refractivity contribution in [2.45, 2.75) is 46.6 Å². The molecular formula is C13H29N3O2S. The second kappa shape index (κ2) is 7.57. The number of piperidine rings is 1. The van der Waals surface area contributed by atoms with Crippen LogP contribution in [0.4, 0.5) is 0 Å². The van der Waals surface area contributed by atoms with E-state index in [0.717, 1.165) is 19.4 Å². The van der Waals surface area contributed by atoms with Gasteiger partial charge in [-0.2, -0.15) is 12.7 Å². The number of rotatable bonds is 7. The van der Waals surface area contributed by atoms with E-state index in [-0.39, 0.29) is 0 Å². The normalized spacial score (nSPS) is 25.9. The molecule has 1 aliphatic rings. The fraction of sp³-hybridized carbons (Fsp3) is 1.00. The Morgan fingerprint density at radius 1 is 1.37 bits per heavy atom. The summed E-state index contributed by atoms with van der Waals surface area (Å²) in [6.07, 6.45) is 2.00. The van der Waals surface area contributed by atoms with Gasteiger partial charge in [0.25, 0.3) is 10.2 Å². The van der Waals surface area contributed by atoms with Crippen molar-refractivity contribution < 1.29 is 8.42 Å². The second-order valence-electron chi connectivity index (χ2n) is 5.93. The van der Waals surface area contributed by atoms with Crippen LogP contribution in [-0.2, 0) is 10.2 Å². The largest absolute Gasteiger partial charge is 0.314 e. The summed E-state index contributed by atoms with van der Waals surface area (Å²) in [6.45, 7) is 11.0. The topological polar surface area (TPSA) is 61.4 Å².